The van der Waals surface area contributed by atoms with Gasteiger partial charge in [0.2, 0.25) is 0 Å². The van der Waals surface area contributed by atoms with Crippen molar-refractivity contribution < 1.29 is 19.2 Å². The SMILES string of the molecule is C/C(=N\N1C(=O)c2ccccc2NC1c1ccccc1[N+](=O)[O-])c1c(O)cc(C)oc1=O. The van der Waals surface area contributed by atoms with Crippen molar-refractivity contribution in [3.63, 3.8) is 0 Å². The molecule has 162 valence electrons. The van der Waals surface area contributed by atoms with E-state index in [2.05, 4.69) is 10.4 Å². The number of hydrogen-bond donors (Lipinski definition) is 2. The van der Waals surface area contributed by atoms with Gasteiger partial charge in [-0.2, -0.15) is 5.10 Å². The number of nitrogens with one attached hydrogen (secondary N) is 1. The summed E-state index contributed by atoms with van der Waals surface area (Å²) >= 11 is 0. The van der Waals surface area contributed by atoms with Crippen molar-refractivity contribution >= 4 is 23.0 Å². The molecule has 10 nitrogen and oxygen atoms in total. The minimum atomic E-state index is -1.03. The number of nitrogens with zero attached hydrogens (tertiary/aromatic N) is 3. The van der Waals surface area contributed by atoms with Gasteiger partial charge >= 0.3 is 5.63 Å². The first-order valence-electron chi connectivity index (χ1n) is 9.59. The molecular formula is C22H18N4O6. The number of fused-ring (bicyclic) bond motifs is 1. The fraction of sp³-hybridized carbons (Fsp3) is 0.136. The molecular weight excluding hydrogens is 416 g/mol. The van der Waals surface area contributed by atoms with E-state index >= 15 is 0 Å². The third kappa shape index (κ3) is 3.58. The number of aryl methyl sites for hydroxylation is 1. The van der Waals surface area contributed by atoms with Crippen LogP contribution >= 0.6 is 0 Å². The van der Waals surface area contributed by atoms with Crippen LogP contribution in [-0.2, 0) is 0 Å². The molecule has 0 fully saturated rings. The summed E-state index contributed by atoms with van der Waals surface area (Å²) < 4.78 is 5.04. The molecule has 0 aliphatic carbocycles. The zero-order valence-corrected chi connectivity index (χ0v) is 17.1. The van der Waals surface area contributed by atoms with E-state index in [1.165, 1.54) is 38.1 Å². The summed E-state index contributed by atoms with van der Waals surface area (Å²) in [6.07, 6.45) is -1.03. The molecule has 1 aromatic heterocycles. The number of hydrogen-bond acceptors (Lipinski definition) is 8. The Morgan fingerprint density at radius 1 is 1.19 bits per heavy atom. The van der Waals surface area contributed by atoms with Crippen molar-refractivity contribution in [2.24, 2.45) is 5.10 Å². The van der Waals surface area contributed by atoms with E-state index in [1.54, 1.807) is 30.3 Å². The molecule has 3 aromatic rings. The summed E-state index contributed by atoms with van der Waals surface area (Å²) in [6, 6.07) is 13.9. The third-order valence-corrected chi connectivity index (χ3v) is 5.00. The number of amides is 1. The number of nitro benzene ring substituents is 1. The standard InChI is InChI=1S/C22H18N4O6/c1-12-11-18(27)19(22(29)32-12)13(2)24-25-20(15-8-4-6-10-17(15)26(30)31)23-16-9-5-3-7-14(16)21(25)28/h3-11,20,23,27H,1-2H3/b24-13+. The van der Waals surface area contributed by atoms with Crippen LogP contribution in [0.5, 0.6) is 5.75 Å². The molecule has 2 heterocycles. The first-order valence-corrected chi connectivity index (χ1v) is 9.59. The van der Waals surface area contributed by atoms with Gasteiger partial charge in [0.1, 0.15) is 17.1 Å². The zero-order valence-electron chi connectivity index (χ0n) is 17.1. The normalized spacial score (nSPS) is 15.8. The lowest BCUT2D eigenvalue weighted by Gasteiger charge is -2.34. The van der Waals surface area contributed by atoms with Gasteiger partial charge < -0.3 is 14.8 Å². The third-order valence-electron chi connectivity index (χ3n) is 5.00. The summed E-state index contributed by atoms with van der Waals surface area (Å²) in [7, 11) is 0. The first kappa shape index (κ1) is 20.8. The Hall–Kier alpha value is -4.47. The summed E-state index contributed by atoms with van der Waals surface area (Å²) in [5.74, 6) is -0.663. The van der Waals surface area contributed by atoms with Crippen molar-refractivity contribution in [1.29, 1.82) is 0 Å². The van der Waals surface area contributed by atoms with Crippen molar-refractivity contribution in [2.75, 3.05) is 5.32 Å². The van der Waals surface area contributed by atoms with Crippen LogP contribution in [0.1, 0.15) is 40.3 Å². The molecule has 1 atom stereocenters. The molecule has 4 rings (SSSR count). The number of nitro groups is 1. The molecule has 0 bridgehead atoms. The van der Waals surface area contributed by atoms with Crippen LogP contribution < -0.4 is 10.9 Å². The largest absolute Gasteiger partial charge is 0.507 e. The minimum absolute atomic E-state index is 0.00867. The molecule has 0 saturated heterocycles. The fourth-order valence-corrected chi connectivity index (χ4v) is 3.58. The molecule has 0 radical (unpaired) electrons. The van der Waals surface area contributed by atoms with Gasteiger partial charge in [-0.25, -0.2) is 9.80 Å². The van der Waals surface area contributed by atoms with Crippen molar-refractivity contribution in [2.45, 2.75) is 20.0 Å². The highest BCUT2D eigenvalue weighted by molar-refractivity contribution is 6.05. The van der Waals surface area contributed by atoms with E-state index in [-0.39, 0.29) is 34.0 Å². The topological polar surface area (TPSA) is 138 Å². The Labute approximate surface area is 181 Å². The van der Waals surface area contributed by atoms with Gasteiger partial charge in [0, 0.05) is 17.8 Å². The molecule has 1 amide bonds. The van der Waals surface area contributed by atoms with Crippen LogP contribution in [0.2, 0.25) is 0 Å². The quantitative estimate of drug-likeness (QED) is 0.364. The summed E-state index contributed by atoms with van der Waals surface area (Å²) in [4.78, 5) is 36.7. The van der Waals surface area contributed by atoms with Gasteiger partial charge in [-0.05, 0) is 32.0 Å². The monoisotopic (exact) mass is 434 g/mol. The average molecular weight is 434 g/mol. The lowest BCUT2D eigenvalue weighted by molar-refractivity contribution is -0.385. The predicted molar refractivity (Wildman–Crippen MR) is 116 cm³/mol. The Morgan fingerprint density at radius 2 is 1.88 bits per heavy atom. The van der Waals surface area contributed by atoms with Gasteiger partial charge in [0.15, 0.2) is 6.17 Å². The number of aromatic hydroxyl groups is 1. The summed E-state index contributed by atoms with van der Waals surface area (Å²) in [6.45, 7) is 2.95. The maximum atomic E-state index is 13.3. The molecule has 2 aromatic carbocycles. The highest BCUT2D eigenvalue weighted by atomic mass is 16.6. The Kier molecular flexibility index (Phi) is 5.19. The first-order chi connectivity index (χ1) is 15.3. The van der Waals surface area contributed by atoms with Gasteiger partial charge in [0.25, 0.3) is 11.6 Å². The second-order valence-corrected chi connectivity index (χ2v) is 7.15. The number of benzene rings is 2. The predicted octanol–water partition coefficient (Wildman–Crippen LogP) is 3.55. The summed E-state index contributed by atoms with van der Waals surface area (Å²) in [5, 5.41) is 30.3. The second kappa shape index (κ2) is 7.99. The molecule has 32 heavy (non-hydrogen) atoms. The number of carbonyl (C=O) groups excluding carboxylic acids is 1. The Morgan fingerprint density at radius 3 is 2.59 bits per heavy atom. The summed E-state index contributed by atoms with van der Waals surface area (Å²) in [5.41, 5.74) is -0.215. The van der Waals surface area contributed by atoms with E-state index in [1.807, 2.05) is 0 Å². The van der Waals surface area contributed by atoms with Crippen LogP contribution in [0.25, 0.3) is 0 Å². The maximum Gasteiger partial charge on any atom is 0.348 e. The van der Waals surface area contributed by atoms with Crippen LogP contribution in [0, 0.1) is 17.0 Å². The van der Waals surface area contributed by atoms with Crippen molar-refractivity contribution in [3.05, 3.63) is 97.6 Å². The van der Waals surface area contributed by atoms with Gasteiger partial charge in [-0.1, -0.05) is 24.3 Å². The lowest BCUT2D eigenvalue weighted by Crippen LogP contribution is -2.40. The molecule has 1 aliphatic rings. The van der Waals surface area contributed by atoms with E-state index < -0.39 is 22.6 Å². The van der Waals surface area contributed by atoms with Gasteiger partial charge in [0.05, 0.1) is 21.8 Å². The maximum absolute atomic E-state index is 13.3. The smallest absolute Gasteiger partial charge is 0.348 e. The van der Waals surface area contributed by atoms with Gasteiger partial charge in [-0.3, -0.25) is 14.9 Å². The molecule has 0 spiro atoms. The molecule has 0 saturated carbocycles. The highest BCUT2D eigenvalue weighted by Crippen LogP contribution is 2.37. The van der Waals surface area contributed by atoms with Crippen LogP contribution in [0.3, 0.4) is 0 Å². The van der Waals surface area contributed by atoms with Crippen LogP contribution in [0.4, 0.5) is 11.4 Å². The van der Waals surface area contributed by atoms with Crippen LogP contribution in [-0.4, -0.2) is 26.7 Å². The zero-order chi connectivity index (χ0) is 23.0. The van der Waals surface area contributed by atoms with E-state index in [9.17, 15) is 24.8 Å². The van der Waals surface area contributed by atoms with Gasteiger partial charge in [-0.15, -0.1) is 0 Å². The molecule has 2 N–H and O–H groups in total. The number of para-hydroxylation sites is 2. The molecule has 1 unspecified atom stereocenters. The minimum Gasteiger partial charge on any atom is -0.507 e. The van der Waals surface area contributed by atoms with E-state index in [4.69, 9.17) is 4.42 Å². The number of hydrazone groups is 1. The second-order valence-electron chi connectivity index (χ2n) is 7.15. The van der Waals surface area contributed by atoms with Crippen molar-refractivity contribution in [3.8, 4) is 5.75 Å². The van der Waals surface area contributed by atoms with Crippen molar-refractivity contribution in [1.82, 2.24) is 5.01 Å². The molecule has 10 heteroatoms. The number of rotatable bonds is 4. The number of anilines is 1. The van der Waals surface area contributed by atoms with E-state index in [0.717, 1.165) is 5.01 Å². The van der Waals surface area contributed by atoms with Crippen LogP contribution in [0.15, 0.2) is 68.9 Å². The Bertz CT molecular complexity index is 1330. The highest BCUT2D eigenvalue weighted by Gasteiger charge is 2.37. The average Bonchev–Trinajstić information content (AvgIpc) is 2.75. The lowest BCUT2D eigenvalue weighted by atomic mass is 10.0. The number of carbonyl (C=O) groups is 1. The Balaban J connectivity index is 1.90. The fourth-order valence-electron chi connectivity index (χ4n) is 3.58. The molecule has 1 aliphatic heterocycles. The van der Waals surface area contributed by atoms with E-state index in [0.29, 0.717) is 11.3 Å².